The first kappa shape index (κ1) is 19.0. The number of benzene rings is 2. The first-order chi connectivity index (χ1) is 14.3. The molecule has 0 radical (unpaired) electrons. The summed E-state index contributed by atoms with van der Waals surface area (Å²) in [5, 5.41) is 6.18. The van der Waals surface area contributed by atoms with Crippen molar-refractivity contribution in [2.24, 2.45) is 0 Å². The van der Waals surface area contributed by atoms with Gasteiger partial charge in [-0.15, -0.1) is 0 Å². The van der Waals surface area contributed by atoms with Crippen LogP contribution in [0.3, 0.4) is 0 Å². The number of pyridine rings is 1. The monoisotopic (exact) mass is 389 g/mol. The zero-order chi connectivity index (χ0) is 19.9. The Balaban J connectivity index is 1.34. The van der Waals surface area contributed by atoms with E-state index in [0.29, 0.717) is 17.0 Å². The van der Waals surface area contributed by atoms with Gasteiger partial charge in [0.05, 0.1) is 17.4 Å². The van der Waals surface area contributed by atoms with E-state index in [1.165, 1.54) is 0 Å². The number of carbonyl (C=O) groups is 1. The van der Waals surface area contributed by atoms with Crippen LogP contribution in [0, 0.1) is 0 Å². The van der Waals surface area contributed by atoms with Crippen LogP contribution < -0.4 is 15.4 Å². The zero-order valence-corrected chi connectivity index (χ0v) is 16.0. The lowest BCUT2D eigenvalue weighted by atomic mass is 10.2. The third-order valence-corrected chi connectivity index (χ3v) is 4.65. The SMILES string of the molecule is O=C(Nc1ccc(Oc2ccccc2)cc1)c1cncc(NCC2CCCO2)c1. The molecule has 2 heterocycles. The van der Waals surface area contributed by atoms with Crippen molar-refractivity contribution in [3.05, 3.63) is 78.6 Å². The van der Waals surface area contributed by atoms with Crippen LogP contribution in [0.25, 0.3) is 0 Å². The lowest BCUT2D eigenvalue weighted by Crippen LogP contribution is -2.19. The van der Waals surface area contributed by atoms with E-state index in [1.54, 1.807) is 18.5 Å². The first-order valence-electron chi connectivity index (χ1n) is 9.71. The summed E-state index contributed by atoms with van der Waals surface area (Å²) < 4.78 is 11.4. The van der Waals surface area contributed by atoms with Crippen molar-refractivity contribution in [3.8, 4) is 11.5 Å². The van der Waals surface area contributed by atoms with Crippen LogP contribution in [-0.2, 0) is 4.74 Å². The average molecular weight is 389 g/mol. The molecule has 1 aliphatic heterocycles. The van der Waals surface area contributed by atoms with Crippen LogP contribution in [0.15, 0.2) is 73.1 Å². The van der Waals surface area contributed by atoms with Gasteiger partial charge in [0.25, 0.3) is 5.91 Å². The van der Waals surface area contributed by atoms with Crippen LogP contribution >= 0.6 is 0 Å². The molecule has 1 aliphatic rings. The molecule has 6 nitrogen and oxygen atoms in total. The molecule has 0 bridgehead atoms. The van der Waals surface area contributed by atoms with Gasteiger partial charge in [0.1, 0.15) is 11.5 Å². The Morgan fingerprint density at radius 3 is 2.59 bits per heavy atom. The number of para-hydroxylation sites is 1. The van der Waals surface area contributed by atoms with Gasteiger partial charge in [-0.3, -0.25) is 9.78 Å². The van der Waals surface area contributed by atoms with Crippen molar-refractivity contribution in [2.75, 3.05) is 23.8 Å². The molecular weight excluding hydrogens is 366 g/mol. The summed E-state index contributed by atoms with van der Waals surface area (Å²) in [7, 11) is 0. The van der Waals surface area contributed by atoms with Crippen LogP contribution in [0.5, 0.6) is 11.5 Å². The lowest BCUT2D eigenvalue weighted by molar-refractivity contribution is 0.102. The van der Waals surface area contributed by atoms with Crippen LogP contribution in [-0.4, -0.2) is 30.1 Å². The Hall–Kier alpha value is -3.38. The fraction of sp³-hybridized carbons (Fsp3) is 0.217. The second-order valence-corrected chi connectivity index (χ2v) is 6.87. The molecule has 2 aromatic carbocycles. The van der Waals surface area contributed by atoms with Crippen LogP contribution in [0.4, 0.5) is 11.4 Å². The molecule has 1 aromatic heterocycles. The summed E-state index contributed by atoms with van der Waals surface area (Å²) in [5.41, 5.74) is 1.99. The van der Waals surface area contributed by atoms with Crippen molar-refractivity contribution in [1.82, 2.24) is 4.98 Å². The minimum absolute atomic E-state index is 0.213. The third-order valence-electron chi connectivity index (χ3n) is 4.65. The molecule has 1 atom stereocenters. The lowest BCUT2D eigenvalue weighted by Gasteiger charge is -2.12. The molecule has 0 spiro atoms. The van der Waals surface area contributed by atoms with Gasteiger partial charge < -0.3 is 20.1 Å². The van der Waals surface area contributed by atoms with Gasteiger partial charge in [0.2, 0.25) is 0 Å². The number of ether oxygens (including phenoxy) is 2. The smallest absolute Gasteiger partial charge is 0.257 e. The highest BCUT2D eigenvalue weighted by Crippen LogP contribution is 2.23. The van der Waals surface area contributed by atoms with E-state index < -0.39 is 0 Å². The van der Waals surface area contributed by atoms with Gasteiger partial charge >= 0.3 is 0 Å². The zero-order valence-electron chi connectivity index (χ0n) is 16.0. The highest BCUT2D eigenvalue weighted by molar-refractivity contribution is 6.04. The summed E-state index contributed by atoms with van der Waals surface area (Å²) in [6.07, 6.45) is 5.65. The minimum Gasteiger partial charge on any atom is -0.457 e. The average Bonchev–Trinajstić information content (AvgIpc) is 3.28. The Morgan fingerprint density at radius 1 is 1.03 bits per heavy atom. The molecule has 4 rings (SSSR count). The van der Waals surface area contributed by atoms with Crippen molar-refractivity contribution >= 4 is 17.3 Å². The summed E-state index contributed by atoms with van der Waals surface area (Å²) in [4.78, 5) is 16.7. The van der Waals surface area contributed by atoms with Crippen molar-refractivity contribution < 1.29 is 14.3 Å². The molecule has 1 fully saturated rings. The topological polar surface area (TPSA) is 72.5 Å². The van der Waals surface area contributed by atoms with Gasteiger partial charge in [-0.2, -0.15) is 0 Å². The number of hydrogen-bond acceptors (Lipinski definition) is 5. The van der Waals surface area contributed by atoms with E-state index in [-0.39, 0.29) is 12.0 Å². The Labute approximate surface area is 169 Å². The number of amides is 1. The summed E-state index contributed by atoms with van der Waals surface area (Å²) in [6.45, 7) is 1.54. The number of nitrogens with zero attached hydrogens (tertiary/aromatic N) is 1. The van der Waals surface area contributed by atoms with E-state index in [0.717, 1.165) is 37.4 Å². The predicted octanol–water partition coefficient (Wildman–Crippen LogP) is 4.72. The maximum absolute atomic E-state index is 12.6. The highest BCUT2D eigenvalue weighted by atomic mass is 16.5. The largest absolute Gasteiger partial charge is 0.457 e. The minimum atomic E-state index is -0.213. The van der Waals surface area contributed by atoms with Gasteiger partial charge in [-0.05, 0) is 55.3 Å². The molecule has 148 valence electrons. The number of aromatic nitrogens is 1. The molecule has 0 aliphatic carbocycles. The third kappa shape index (κ3) is 5.33. The summed E-state index contributed by atoms with van der Waals surface area (Å²) >= 11 is 0. The standard InChI is InChI=1S/C23H23N3O3/c27-23(17-13-19(15-24-14-17)25-16-22-7-4-12-28-22)26-18-8-10-21(11-9-18)29-20-5-2-1-3-6-20/h1-3,5-6,8-11,13-15,22,25H,4,7,12,16H2,(H,26,27). The predicted molar refractivity (Wildman–Crippen MR) is 113 cm³/mol. The highest BCUT2D eigenvalue weighted by Gasteiger charge is 2.15. The molecule has 1 unspecified atom stereocenters. The van der Waals surface area contributed by atoms with Crippen molar-refractivity contribution in [2.45, 2.75) is 18.9 Å². The Kier molecular flexibility index (Phi) is 6.02. The number of nitrogens with one attached hydrogen (secondary N) is 2. The molecule has 1 saturated heterocycles. The number of rotatable bonds is 7. The van der Waals surface area contributed by atoms with Crippen molar-refractivity contribution in [1.29, 1.82) is 0 Å². The maximum atomic E-state index is 12.6. The quantitative estimate of drug-likeness (QED) is 0.612. The fourth-order valence-corrected chi connectivity index (χ4v) is 3.13. The van der Waals surface area contributed by atoms with Gasteiger partial charge in [-0.1, -0.05) is 18.2 Å². The van der Waals surface area contributed by atoms with E-state index >= 15 is 0 Å². The van der Waals surface area contributed by atoms with Gasteiger partial charge in [-0.25, -0.2) is 0 Å². The van der Waals surface area contributed by atoms with Crippen molar-refractivity contribution in [3.63, 3.8) is 0 Å². The van der Waals surface area contributed by atoms with Gasteiger partial charge in [0, 0.05) is 31.2 Å². The molecule has 0 saturated carbocycles. The molecule has 3 aromatic rings. The summed E-state index contributed by atoms with van der Waals surface area (Å²) in [6, 6.07) is 18.6. The van der Waals surface area contributed by atoms with Crippen LogP contribution in [0.1, 0.15) is 23.2 Å². The molecular formula is C23H23N3O3. The summed E-state index contributed by atoms with van der Waals surface area (Å²) in [5.74, 6) is 1.26. The Bertz CT molecular complexity index is 939. The van der Waals surface area contributed by atoms with E-state index in [4.69, 9.17) is 9.47 Å². The van der Waals surface area contributed by atoms with E-state index in [2.05, 4.69) is 15.6 Å². The Morgan fingerprint density at radius 2 is 1.83 bits per heavy atom. The fourth-order valence-electron chi connectivity index (χ4n) is 3.13. The van der Waals surface area contributed by atoms with Gasteiger partial charge in [0.15, 0.2) is 0 Å². The second kappa shape index (κ2) is 9.21. The number of hydrogen-bond donors (Lipinski definition) is 2. The first-order valence-corrected chi connectivity index (χ1v) is 9.71. The number of carbonyl (C=O) groups excluding carboxylic acids is 1. The van der Waals surface area contributed by atoms with E-state index in [1.807, 2.05) is 54.6 Å². The second-order valence-electron chi connectivity index (χ2n) is 6.87. The maximum Gasteiger partial charge on any atom is 0.257 e. The molecule has 6 heteroatoms. The molecule has 1 amide bonds. The van der Waals surface area contributed by atoms with Crippen LogP contribution in [0.2, 0.25) is 0 Å². The molecule has 29 heavy (non-hydrogen) atoms. The molecule has 2 N–H and O–H groups in total. The van der Waals surface area contributed by atoms with E-state index in [9.17, 15) is 4.79 Å². The number of anilines is 2. The normalized spacial score (nSPS) is 15.7.